The molecule has 0 saturated carbocycles. The van der Waals surface area contributed by atoms with Crippen LogP contribution >= 0.6 is 11.3 Å². The van der Waals surface area contributed by atoms with Gasteiger partial charge in [0.1, 0.15) is 11.5 Å². The molecule has 0 aliphatic heterocycles. The van der Waals surface area contributed by atoms with Crippen molar-refractivity contribution in [3.63, 3.8) is 0 Å². The van der Waals surface area contributed by atoms with Crippen LogP contribution in [-0.4, -0.2) is 61.1 Å². The number of amides is 1. The molecule has 0 spiro atoms. The monoisotopic (exact) mass is 444 g/mol. The zero-order valence-electron chi connectivity index (χ0n) is 18.5. The molecule has 1 amide bonds. The highest BCUT2D eigenvalue weighted by atomic mass is 32.1. The number of halogens is 1. The van der Waals surface area contributed by atoms with Crippen LogP contribution in [-0.2, 0) is 6.54 Å². The van der Waals surface area contributed by atoms with Gasteiger partial charge in [-0.25, -0.2) is 4.39 Å². The first-order valence-corrected chi connectivity index (χ1v) is 11.3. The van der Waals surface area contributed by atoms with E-state index < -0.39 is 0 Å². The third kappa shape index (κ3) is 5.51. The lowest BCUT2D eigenvalue weighted by Crippen LogP contribution is -2.36. The maximum absolute atomic E-state index is 13.5. The number of hydrogen-bond acceptors (Lipinski definition) is 6. The normalized spacial score (nSPS) is 11.2. The average Bonchev–Trinajstić information content (AvgIpc) is 3.43. The van der Waals surface area contributed by atoms with E-state index in [1.165, 1.54) is 23.5 Å². The van der Waals surface area contributed by atoms with Crippen molar-refractivity contribution < 1.29 is 13.7 Å². The summed E-state index contributed by atoms with van der Waals surface area (Å²) in [6.07, 6.45) is 0. The van der Waals surface area contributed by atoms with E-state index in [1.54, 1.807) is 12.1 Å². The van der Waals surface area contributed by atoms with Gasteiger partial charge in [-0.05, 0) is 63.7 Å². The Morgan fingerprint density at radius 3 is 2.39 bits per heavy atom. The number of likely N-dealkylation sites (N-methyl/N-ethyl adjacent to an activating group) is 1. The number of aromatic nitrogens is 1. The summed E-state index contributed by atoms with van der Waals surface area (Å²) >= 11 is 1.43. The van der Waals surface area contributed by atoms with Gasteiger partial charge in [-0.2, -0.15) is 0 Å². The lowest BCUT2D eigenvalue weighted by Gasteiger charge is -2.26. The van der Waals surface area contributed by atoms with Gasteiger partial charge in [0, 0.05) is 31.7 Å². The van der Waals surface area contributed by atoms with Crippen molar-refractivity contribution in [3.8, 4) is 11.3 Å². The minimum Gasteiger partial charge on any atom is -0.341 e. The van der Waals surface area contributed by atoms with E-state index in [2.05, 4.69) is 15.0 Å². The topological polar surface area (TPSA) is 52.8 Å². The fourth-order valence-corrected chi connectivity index (χ4v) is 4.05. The van der Waals surface area contributed by atoms with Gasteiger partial charge in [-0.3, -0.25) is 4.79 Å². The van der Waals surface area contributed by atoms with Gasteiger partial charge in [0.05, 0.1) is 17.0 Å². The number of rotatable bonds is 10. The average molecular weight is 445 g/mol. The van der Waals surface area contributed by atoms with Gasteiger partial charge in [0.25, 0.3) is 5.91 Å². The number of anilines is 1. The van der Waals surface area contributed by atoms with E-state index in [-0.39, 0.29) is 11.7 Å². The second kappa shape index (κ2) is 10.5. The quantitative estimate of drug-likeness (QED) is 0.458. The number of nitrogens with zero attached hydrogens (tertiary/aromatic N) is 4. The van der Waals surface area contributed by atoms with Crippen LogP contribution in [0.3, 0.4) is 0 Å². The van der Waals surface area contributed by atoms with Crippen molar-refractivity contribution in [3.05, 3.63) is 58.0 Å². The second-order valence-corrected chi connectivity index (χ2v) is 8.45. The van der Waals surface area contributed by atoms with Crippen LogP contribution in [0.5, 0.6) is 0 Å². The summed E-state index contributed by atoms with van der Waals surface area (Å²) in [7, 11) is 3.97. The molecular weight excluding hydrogens is 415 g/mol. The number of carbonyl (C=O) groups is 1. The minimum atomic E-state index is -0.307. The lowest BCUT2D eigenvalue weighted by molar-refractivity contribution is 0.0737. The van der Waals surface area contributed by atoms with Crippen LogP contribution in [0, 0.1) is 5.82 Å². The number of thiophene rings is 1. The molecule has 3 aromatic rings. The summed E-state index contributed by atoms with van der Waals surface area (Å²) in [6.45, 7) is 7.25. The second-order valence-electron chi connectivity index (χ2n) is 7.50. The summed E-state index contributed by atoms with van der Waals surface area (Å²) in [6, 6.07) is 9.92. The molecule has 6 nitrogen and oxygen atoms in total. The Bertz CT molecular complexity index is 966. The van der Waals surface area contributed by atoms with Crippen molar-refractivity contribution in [2.45, 2.75) is 20.4 Å². The van der Waals surface area contributed by atoms with Crippen LogP contribution in [0.25, 0.3) is 11.3 Å². The maximum Gasteiger partial charge on any atom is 0.264 e. The first kappa shape index (κ1) is 23.0. The molecule has 0 unspecified atom stereocenters. The predicted molar refractivity (Wildman–Crippen MR) is 123 cm³/mol. The van der Waals surface area contributed by atoms with Crippen LogP contribution in [0.1, 0.15) is 29.1 Å². The molecule has 0 fully saturated rings. The molecule has 2 aromatic heterocycles. The first-order valence-electron chi connectivity index (χ1n) is 10.4. The molecule has 0 N–H and O–H groups in total. The third-order valence-electron chi connectivity index (χ3n) is 5.12. The highest BCUT2D eigenvalue weighted by molar-refractivity contribution is 7.12. The maximum atomic E-state index is 13.5. The Kier molecular flexibility index (Phi) is 7.81. The molecule has 0 saturated heterocycles. The van der Waals surface area contributed by atoms with Crippen LogP contribution in [0.15, 0.2) is 46.3 Å². The molecule has 166 valence electrons. The molecule has 0 atom stereocenters. The van der Waals surface area contributed by atoms with Crippen LogP contribution < -0.4 is 4.90 Å². The number of carbonyl (C=O) groups excluding carboxylic acids is 1. The SMILES string of the molecule is CCN(CC)c1onc(-c2ccc(F)cc2)c1CN(CCN(C)C)C(=O)c1cccs1. The van der Waals surface area contributed by atoms with Crippen LogP contribution in [0.4, 0.5) is 10.3 Å². The molecule has 3 rings (SSSR count). The molecule has 2 heterocycles. The smallest absolute Gasteiger partial charge is 0.264 e. The van der Waals surface area contributed by atoms with Gasteiger partial charge >= 0.3 is 0 Å². The summed E-state index contributed by atoms with van der Waals surface area (Å²) in [5.74, 6) is 0.324. The Morgan fingerprint density at radius 2 is 1.81 bits per heavy atom. The predicted octanol–water partition coefficient (Wildman–Crippen LogP) is 4.59. The van der Waals surface area contributed by atoms with Crippen molar-refractivity contribution in [1.82, 2.24) is 15.0 Å². The Balaban J connectivity index is 2.02. The fraction of sp³-hybridized carbons (Fsp3) is 0.391. The van der Waals surface area contributed by atoms with Gasteiger partial charge in [-0.1, -0.05) is 11.2 Å². The summed E-state index contributed by atoms with van der Waals surface area (Å²) < 4.78 is 19.2. The molecule has 0 radical (unpaired) electrons. The van der Waals surface area contributed by atoms with E-state index in [9.17, 15) is 9.18 Å². The summed E-state index contributed by atoms with van der Waals surface area (Å²) in [5, 5.41) is 6.22. The van der Waals surface area contributed by atoms with E-state index >= 15 is 0 Å². The summed E-state index contributed by atoms with van der Waals surface area (Å²) in [4.78, 5) is 19.9. The van der Waals surface area contributed by atoms with E-state index in [1.807, 2.05) is 50.4 Å². The van der Waals surface area contributed by atoms with E-state index in [0.717, 1.165) is 30.8 Å². The lowest BCUT2D eigenvalue weighted by atomic mass is 10.1. The number of benzene rings is 1. The van der Waals surface area contributed by atoms with Crippen molar-refractivity contribution in [1.29, 1.82) is 0 Å². The first-order chi connectivity index (χ1) is 14.9. The molecule has 31 heavy (non-hydrogen) atoms. The minimum absolute atomic E-state index is 0.0198. The largest absolute Gasteiger partial charge is 0.341 e. The fourth-order valence-electron chi connectivity index (χ4n) is 3.36. The van der Waals surface area contributed by atoms with Crippen molar-refractivity contribution >= 4 is 23.1 Å². The Morgan fingerprint density at radius 1 is 1.10 bits per heavy atom. The Hall–Kier alpha value is -2.71. The molecule has 1 aromatic carbocycles. The van der Waals surface area contributed by atoms with Gasteiger partial charge in [0.2, 0.25) is 5.88 Å². The standard InChI is InChI=1S/C23H29FN4O2S/c1-5-27(6-2)23-19(21(25-30-23)17-9-11-18(24)12-10-17)16-28(14-13-26(3)4)22(29)20-8-7-15-31-20/h7-12,15H,5-6,13-14,16H2,1-4H3. The molecule has 0 bridgehead atoms. The highest BCUT2D eigenvalue weighted by Gasteiger charge is 2.26. The van der Waals surface area contributed by atoms with E-state index in [0.29, 0.717) is 29.5 Å². The third-order valence-corrected chi connectivity index (χ3v) is 5.98. The number of hydrogen-bond donors (Lipinski definition) is 0. The van der Waals surface area contributed by atoms with Gasteiger partial charge in [-0.15, -0.1) is 11.3 Å². The van der Waals surface area contributed by atoms with Gasteiger partial charge in [0.15, 0.2) is 0 Å². The van der Waals surface area contributed by atoms with Gasteiger partial charge < -0.3 is 19.2 Å². The Labute approximate surface area is 186 Å². The molecule has 0 aliphatic carbocycles. The molecule has 0 aliphatic rings. The van der Waals surface area contributed by atoms with E-state index in [4.69, 9.17) is 4.52 Å². The molecular formula is C23H29FN4O2S. The molecule has 8 heteroatoms. The summed E-state index contributed by atoms with van der Waals surface area (Å²) in [5.41, 5.74) is 2.23. The van der Waals surface area contributed by atoms with Crippen molar-refractivity contribution in [2.24, 2.45) is 0 Å². The highest BCUT2D eigenvalue weighted by Crippen LogP contribution is 2.33. The van der Waals surface area contributed by atoms with Crippen molar-refractivity contribution in [2.75, 3.05) is 45.2 Å². The zero-order chi connectivity index (χ0) is 22.4. The van der Waals surface area contributed by atoms with Crippen LogP contribution in [0.2, 0.25) is 0 Å². The zero-order valence-corrected chi connectivity index (χ0v) is 19.3.